The molecule has 0 unspecified atom stereocenters. The highest BCUT2D eigenvalue weighted by molar-refractivity contribution is 5.92. The molecular weight excluding hydrogens is 364 g/mol. The van der Waals surface area contributed by atoms with E-state index in [1.54, 1.807) is 47.6 Å². The first-order valence-electron chi connectivity index (χ1n) is 9.11. The number of carbonyl (C=O) groups is 3. The number of benzene rings is 1. The van der Waals surface area contributed by atoms with E-state index in [4.69, 9.17) is 9.47 Å². The van der Waals surface area contributed by atoms with Gasteiger partial charge in [-0.05, 0) is 65.3 Å². The van der Waals surface area contributed by atoms with Crippen LogP contribution in [0.4, 0.5) is 15.3 Å². The van der Waals surface area contributed by atoms with Crippen molar-refractivity contribution in [3.8, 4) is 0 Å². The number of carbonyl (C=O) groups excluding carboxylic acids is 2. The molecule has 1 aromatic rings. The summed E-state index contributed by atoms with van der Waals surface area (Å²) in [5.74, 6) is -1.08. The largest absolute Gasteiger partial charge is 0.478 e. The van der Waals surface area contributed by atoms with Crippen LogP contribution in [0.25, 0.3) is 0 Å². The van der Waals surface area contributed by atoms with E-state index >= 15 is 0 Å². The zero-order valence-electron chi connectivity index (χ0n) is 17.2. The van der Waals surface area contributed by atoms with E-state index in [1.807, 2.05) is 0 Å². The Morgan fingerprint density at radius 3 is 2.04 bits per heavy atom. The summed E-state index contributed by atoms with van der Waals surface area (Å²) < 4.78 is 10.9. The Labute approximate surface area is 165 Å². The summed E-state index contributed by atoms with van der Waals surface area (Å²) in [5, 5.41) is 9.30. The molecule has 28 heavy (non-hydrogen) atoms. The fourth-order valence-corrected chi connectivity index (χ4v) is 2.72. The number of anilines is 1. The van der Waals surface area contributed by atoms with Gasteiger partial charge in [0.1, 0.15) is 11.2 Å². The lowest BCUT2D eigenvalue weighted by molar-refractivity contribution is 0.0238. The lowest BCUT2D eigenvalue weighted by Gasteiger charge is -2.28. The van der Waals surface area contributed by atoms with E-state index in [-0.39, 0.29) is 25.2 Å². The number of amides is 2. The second-order valence-electron chi connectivity index (χ2n) is 8.68. The van der Waals surface area contributed by atoms with E-state index in [1.165, 1.54) is 21.9 Å². The van der Waals surface area contributed by atoms with Crippen LogP contribution < -0.4 is 4.90 Å². The Morgan fingerprint density at radius 2 is 1.50 bits per heavy atom. The quantitative estimate of drug-likeness (QED) is 0.779. The first kappa shape index (κ1) is 21.5. The SMILES string of the molecule is CC(C)(C)OC(=O)N1CCN(C(=O)OC(C)(C)C)c2ccc(C(=O)O)cc2C1. The van der Waals surface area contributed by atoms with Gasteiger partial charge in [-0.2, -0.15) is 0 Å². The number of hydrogen-bond acceptors (Lipinski definition) is 5. The lowest BCUT2D eigenvalue weighted by Crippen LogP contribution is -2.42. The Kier molecular flexibility index (Phi) is 5.91. The van der Waals surface area contributed by atoms with E-state index in [9.17, 15) is 19.5 Å². The number of ether oxygens (including phenoxy) is 2. The van der Waals surface area contributed by atoms with E-state index in [0.29, 0.717) is 11.3 Å². The van der Waals surface area contributed by atoms with Crippen LogP contribution in [0.1, 0.15) is 57.5 Å². The average Bonchev–Trinajstić information content (AvgIpc) is 2.70. The van der Waals surface area contributed by atoms with Crippen LogP contribution in [0.2, 0.25) is 0 Å². The maximum Gasteiger partial charge on any atom is 0.414 e. The summed E-state index contributed by atoms with van der Waals surface area (Å²) in [6, 6.07) is 4.47. The van der Waals surface area contributed by atoms with Crippen molar-refractivity contribution >= 4 is 23.8 Å². The molecule has 0 atom stereocenters. The molecule has 1 N–H and O–H groups in total. The van der Waals surface area contributed by atoms with E-state index in [2.05, 4.69) is 0 Å². The molecule has 0 bridgehead atoms. The molecule has 1 heterocycles. The minimum Gasteiger partial charge on any atom is -0.478 e. The van der Waals surface area contributed by atoms with Gasteiger partial charge >= 0.3 is 18.2 Å². The molecule has 1 aromatic carbocycles. The summed E-state index contributed by atoms with van der Waals surface area (Å²) in [5.41, 5.74) is -0.219. The number of carboxylic acids is 1. The summed E-state index contributed by atoms with van der Waals surface area (Å²) >= 11 is 0. The highest BCUT2D eigenvalue weighted by Crippen LogP contribution is 2.29. The average molecular weight is 392 g/mol. The minimum atomic E-state index is -1.08. The van der Waals surface area contributed by atoms with Crippen molar-refractivity contribution in [1.82, 2.24) is 4.90 Å². The van der Waals surface area contributed by atoms with Gasteiger partial charge in [0, 0.05) is 13.1 Å². The predicted octanol–water partition coefficient (Wildman–Crippen LogP) is 3.88. The number of nitrogens with zero attached hydrogens (tertiary/aromatic N) is 2. The molecule has 0 saturated carbocycles. The maximum atomic E-state index is 12.7. The Morgan fingerprint density at radius 1 is 0.929 bits per heavy atom. The van der Waals surface area contributed by atoms with Crippen LogP contribution in [-0.4, -0.2) is 52.5 Å². The minimum absolute atomic E-state index is 0.0777. The Hall–Kier alpha value is -2.77. The van der Waals surface area contributed by atoms with Crippen molar-refractivity contribution in [1.29, 1.82) is 0 Å². The molecule has 0 saturated heterocycles. The van der Waals surface area contributed by atoms with Gasteiger partial charge in [0.05, 0.1) is 17.8 Å². The normalized spacial score (nSPS) is 14.8. The van der Waals surface area contributed by atoms with E-state index < -0.39 is 29.4 Å². The van der Waals surface area contributed by atoms with Crippen molar-refractivity contribution < 1.29 is 29.0 Å². The second-order valence-corrected chi connectivity index (χ2v) is 8.68. The maximum absolute atomic E-state index is 12.7. The molecule has 1 aliphatic rings. The third-order valence-corrected chi connectivity index (χ3v) is 3.84. The van der Waals surface area contributed by atoms with Crippen molar-refractivity contribution in [2.45, 2.75) is 59.3 Å². The molecule has 2 rings (SSSR count). The molecule has 1 aliphatic heterocycles. The monoisotopic (exact) mass is 392 g/mol. The molecule has 8 nitrogen and oxygen atoms in total. The second kappa shape index (κ2) is 7.69. The van der Waals surface area contributed by atoms with Crippen molar-refractivity contribution in [3.63, 3.8) is 0 Å². The first-order valence-corrected chi connectivity index (χ1v) is 9.11. The van der Waals surface area contributed by atoms with Crippen LogP contribution in [0.5, 0.6) is 0 Å². The molecule has 0 spiro atoms. The van der Waals surface area contributed by atoms with Gasteiger partial charge in [-0.15, -0.1) is 0 Å². The Bertz CT molecular complexity index is 776. The van der Waals surface area contributed by atoms with Crippen LogP contribution in [0.15, 0.2) is 18.2 Å². The predicted molar refractivity (Wildman–Crippen MR) is 104 cm³/mol. The summed E-state index contributed by atoms with van der Waals surface area (Å²) in [7, 11) is 0. The molecule has 0 aliphatic carbocycles. The first-order chi connectivity index (χ1) is 12.8. The smallest absolute Gasteiger partial charge is 0.414 e. The molecular formula is C20H28N2O6. The highest BCUT2D eigenvalue weighted by atomic mass is 16.6. The zero-order chi connectivity index (χ0) is 21.3. The van der Waals surface area contributed by atoms with Gasteiger partial charge in [-0.25, -0.2) is 14.4 Å². The highest BCUT2D eigenvalue weighted by Gasteiger charge is 2.31. The number of hydrogen-bond donors (Lipinski definition) is 1. The van der Waals surface area contributed by atoms with Crippen LogP contribution in [-0.2, 0) is 16.0 Å². The topological polar surface area (TPSA) is 96.4 Å². The summed E-state index contributed by atoms with van der Waals surface area (Å²) in [6.45, 7) is 11.2. The van der Waals surface area contributed by atoms with Gasteiger partial charge in [0.15, 0.2) is 0 Å². The van der Waals surface area contributed by atoms with Gasteiger partial charge in [-0.1, -0.05) is 0 Å². The van der Waals surface area contributed by atoms with E-state index in [0.717, 1.165) is 0 Å². The Balaban J connectivity index is 2.40. The fourth-order valence-electron chi connectivity index (χ4n) is 2.72. The van der Waals surface area contributed by atoms with Gasteiger partial charge in [-0.3, -0.25) is 4.90 Å². The fraction of sp³-hybridized carbons (Fsp3) is 0.550. The summed E-state index contributed by atoms with van der Waals surface area (Å²) in [4.78, 5) is 39.5. The van der Waals surface area contributed by atoms with Crippen LogP contribution >= 0.6 is 0 Å². The van der Waals surface area contributed by atoms with Crippen LogP contribution in [0.3, 0.4) is 0 Å². The molecule has 2 amide bonds. The van der Waals surface area contributed by atoms with Crippen molar-refractivity contribution in [2.24, 2.45) is 0 Å². The molecule has 0 radical (unpaired) electrons. The van der Waals surface area contributed by atoms with Crippen molar-refractivity contribution in [3.05, 3.63) is 29.3 Å². The van der Waals surface area contributed by atoms with Gasteiger partial charge in [0.25, 0.3) is 0 Å². The van der Waals surface area contributed by atoms with Crippen LogP contribution in [0, 0.1) is 0 Å². The molecule has 0 aromatic heterocycles. The zero-order valence-corrected chi connectivity index (χ0v) is 17.2. The third kappa shape index (κ3) is 5.61. The summed E-state index contributed by atoms with van der Waals surface area (Å²) in [6.07, 6.45) is -1.08. The van der Waals surface area contributed by atoms with Gasteiger partial charge < -0.3 is 19.5 Å². The lowest BCUT2D eigenvalue weighted by atomic mass is 10.1. The van der Waals surface area contributed by atoms with Crippen molar-refractivity contribution in [2.75, 3.05) is 18.0 Å². The molecule has 8 heteroatoms. The number of carboxylic acid groups (broad SMARTS) is 1. The molecule has 0 fully saturated rings. The number of fused-ring (bicyclic) bond motifs is 1. The standard InChI is InChI=1S/C20H28N2O6/c1-19(2,3)27-17(25)21-9-10-22(18(26)28-20(4,5)6)15-8-7-13(16(23)24)11-14(15)12-21/h7-8,11H,9-10,12H2,1-6H3,(H,23,24). The number of rotatable bonds is 1. The molecule has 154 valence electrons. The van der Waals surface area contributed by atoms with Gasteiger partial charge in [0.2, 0.25) is 0 Å². The number of aromatic carboxylic acids is 1. The third-order valence-electron chi connectivity index (χ3n) is 3.84.